The molecule has 0 heterocycles. The third-order valence-corrected chi connectivity index (χ3v) is 9.99. The molecule has 0 aromatic carbocycles. The van der Waals surface area contributed by atoms with E-state index in [4.69, 9.17) is 0 Å². The van der Waals surface area contributed by atoms with Crippen LogP contribution in [0.3, 0.4) is 0 Å². The SMILES string of the molecule is CCCC(=O)/C(CC1C=CC(CC)CC1)=C(\C)CC(C)C(C)C(C)C(C)CC1CCCC(CO)C1. The van der Waals surface area contributed by atoms with Crippen LogP contribution in [-0.4, -0.2) is 17.5 Å². The molecule has 1 N–H and O–H groups in total. The number of ketones is 1. The van der Waals surface area contributed by atoms with Gasteiger partial charge in [0.25, 0.3) is 0 Å². The molecule has 8 atom stereocenters. The first-order valence-corrected chi connectivity index (χ1v) is 15.2. The fourth-order valence-corrected chi connectivity index (χ4v) is 6.96. The zero-order chi connectivity index (χ0) is 26.0. The Morgan fingerprint density at radius 2 is 1.54 bits per heavy atom. The van der Waals surface area contributed by atoms with E-state index in [2.05, 4.69) is 60.6 Å². The summed E-state index contributed by atoms with van der Waals surface area (Å²) in [5.41, 5.74) is 2.50. The number of hydrogen-bond donors (Lipinski definition) is 1. The molecule has 1 saturated carbocycles. The topological polar surface area (TPSA) is 37.3 Å². The lowest BCUT2D eigenvalue weighted by atomic mass is 9.70. The zero-order valence-corrected chi connectivity index (χ0v) is 24.3. The third-order valence-electron chi connectivity index (χ3n) is 9.99. The van der Waals surface area contributed by atoms with Gasteiger partial charge in [0.15, 0.2) is 5.78 Å². The highest BCUT2D eigenvalue weighted by Gasteiger charge is 2.29. The molecule has 0 aromatic rings. The van der Waals surface area contributed by atoms with Crippen molar-refractivity contribution < 1.29 is 9.90 Å². The molecule has 2 heteroatoms. The smallest absolute Gasteiger partial charge is 0.158 e. The van der Waals surface area contributed by atoms with Crippen LogP contribution in [0, 0.1) is 47.3 Å². The van der Waals surface area contributed by atoms with Gasteiger partial charge in [-0.25, -0.2) is 0 Å². The molecule has 0 aromatic heterocycles. The van der Waals surface area contributed by atoms with Crippen molar-refractivity contribution in [2.24, 2.45) is 47.3 Å². The number of allylic oxidation sites excluding steroid dienone is 4. The van der Waals surface area contributed by atoms with Gasteiger partial charge in [0.1, 0.15) is 0 Å². The lowest BCUT2D eigenvalue weighted by Gasteiger charge is -2.35. The van der Waals surface area contributed by atoms with Crippen molar-refractivity contribution in [3.8, 4) is 0 Å². The summed E-state index contributed by atoms with van der Waals surface area (Å²) in [6.07, 6.45) is 18.5. The summed E-state index contributed by atoms with van der Waals surface area (Å²) in [5.74, 6) is 5.59. The van der Waals surface area contributed by atoms with Crippen molar-refractivity contribution in [3.63, 3.8) is 0 Å². The van der Waals surface area contributed by atoms with E-state index in [1.807, 2.05) is 0 Å². The summed E-state index contributed by atoms with van der Waals surface area (Å²) in [6.45, 7) is 16.8. The Labute approximate surface area is 218 Å². The Balaban J connectivity index is 2.01. The fourth-order valence-electron chi connectivity index (χ4n) is 6.96. The summed E-state index contributed by atoms with van der Waals surface area (Å²) < 4.78 is 0. The number of aliphatic hydroxyl groups excluding tert-OH is 1. The van der Waals surface area contributed by atoms with Gasteiger partial charge in [-0.2, -0.15) is 0 Å². The molecular formula is C33H58O2. The van der Waals surface area contributed by atoms with Crippen LogP contribution >= 0.6 is 0 Å². The first-order chi connectivity index (χ1) is 16.7. The molecule has 0 saturated heterocycles. The normalized spacial score (nSPS) is 29.3. The van der Waals surface area contributed by atoms with Gasteiger partial charge in [0.2, 0.25) is 0 Å². The molecule has 0 amide bonds. The monoisotopic (exact) mass is 486 g/mol. The second-order valence-electron chi connectivity index (χ2n) is 12.7. The van der Waals surface area contributed by atoms with Crippen LogP contribution in [0.2, 0.25) is 0 Å². The van der Waals surface area contributed by atoms with Crippen molar-refractivity contribution >= 4 is 5.78 Å². The first-order valence-electron chi connectivity index (χ1n) is 15.2. The van der Waals surface area contributed by atoms with Crippen LogP contribution in [0.15, 0.2) is 23.3 Å². The molecular weight excluding hydrogens is 428 g/mol. The highest BCUT2D eigenvalue weighted by molar-refractivity contribution is 5.96. The molecule has 0 spiro atoms. The predicted molar refractivity (Wildman–Crippen MR) is 151 cm³/mol. The average molecular weight is 487 g/mol. The number of carbonyl (C=O) groups excluding carboxylic acids is 1. The predicted octanol–water partition coefficient (Wildman–Crippen LogP) is 9.18. The highest BCUT2D eigenvalue weighted by Crippen LogP contribution is 2.39. The minimum atomic E-state index is 0.369. The van der Waals surface area contributed by atoms with Crippen LogP contribution in [0.25, 0.3) is 0 Å². The summed E-state index contributed by atoms with van der Waals surface area (Å²) in [7, 11) is 0. The van der Waals surface area contributed by atoms with Gasteiger partial charge in [-0.15, -0.1) is 0 Å². The quantitative estimate of drug-likeness (QED) is 0.196. The van der Waals surface area contributed by atoms with Gasteiger partial charge in [-0.3, -0.25) is 4.79 Å². The van der Waals surface area contributed by atoms with Crippen LogP contribution < -0.4 is 0 Å². The number of Topliss-reactive ketones (excluding diaryl/α,β-unsaturated/α-hetero) is 1. The molecule has 2 rings (SSSR count). The molecule has 2 nitrogen and oxygen atoms in total. The molecule has 2 aliphatic carbocycles. The van der Waals surface area contributed by atoms with E-state index in [9.17, 15) is 9.90 Å². The van der Waals surface area contributed by atoms with Crippen LogP contribution in [0.5, 0.6) is 0 Å². The number of hydrogen-bond acceptors (Lipinski definition) is 2. The Bertz CT molecular complexity index is 689. The number of rotatable bonds is 14. The molecule has 202 valence electrons. The van der Waals surface area contributed by atoms with Gasteiger partial charge >= 0.3 is 0 Å². The van der Waals surface area contributed by atoms with Crippen molar-refractivity contribution in [1.82, 2.24) is 0 Å². The highest BCUT2D eigenvalue weighted by atomic mass is 16.3. The average Bonchev–Trinajstić information content (AvgIpc) is 2.86. The Hall–Kier alpha value is -0.890. The minimum absolute atomic E-state index is 0.369. The molecule has 2 aliphatic rings. The maximum Gasteiger partial charge on any atom is 0.158 e. The van der Waals surface area contributed by atoms with E-state index in [0.717, 1.165) is 36.7 Å². The van der Waals surface area contributed by atoms with Gasteiger partial charge < -0.3 is 5.11 Å². The summed E-state index contributed by atoms with van der Waals surface area (Å²) >= 11 is 0. The lowest BCUT2D eigenvalue weighted by Crippen LogP contribution is -2.26. The molecule has 0 aliphatic heterocycles. The van der Waals surface area contributed by atoms with Gasteiger partial charge in [0.05, 0.1) is 0 Å². The number of aliphatic hydroxyl groups is 1. The van der Waals surface area contributed by atoms with Crippen LogP contribution in [0.1, 0.15) is 126 Å². The Kier molecular flexibility index (Phi) is 13.3. The largest absolute Gasteiger partial charge is 0.396 e. The summed E-state index contributed by atoms with van der Waals surface area (Å²) in [4.78, 5) is 13.1. The van der Waals surface area contributed by atoms with Crippen molar-refractivity contribution in [1.29, 1.82) is 0 Å². The molecule has 35 heavy (non-hydrogen) atoms. The fraction of sp³-hybridized carbons (Fsp3) is 0.848. The van der Waals surface area contributed by atoms with E-state index in [1.165, 1.54) is 56.9 Å². The maximum atomic E-state index is 13.1. The molecule has 1 fully saturated rings. The van der Waals surface area contributed by atoms with Gasteiger partial charge in [-0.05, 0) is 118 Å². The van der Waals surface area contributed by atoms with E-state index in [0.29, 0.717) is 54.3 Å². The lowest BCUT2D eigenvalue weighted by molar-refractivity contribution is -0.115. The van der Waals surface area contributed by atoms with Gasteiger partial charge in [-0.1, -0.05) is 72.1 Å². The van der Waals surface area contributed by atoms with Crippen molar-refractivity contribution in [2.75, 3.05) is 6.61 Å². The number of carbonyl (C=O) groups is 1. The van der Waals surface area contributed by atoms with Crippen molar-refractivity contribution in [2.45, 2.75) is 126 Å². The minimum Gasteiger partial charge on any atom is -0.396 e. The third kappa shape index (κ3) is 9.49. The summed E-state index contributed by atoms with van der Waals surface area (Å²) in [6, 6.07) is 0. The van der Waals surface area contributed by atoms with E-state index in [1.54, 1.807) is 0 Å². The van der Waals surface area contributed by atoms with Crippen molar-refractivity contribution in [3.05, 3.63) is 23.3 Å². The van der Waals surface area contributed by atoms with Crippen LogP contribution in [0.4, 0.5) is 0 Å². The molecule has 0 radical (unpaired) electrons. The second kappa shape index (κ2) is 15.4. The van der Waals surface area contributed by atoms with E-state index >= 15 is 0 Å². The Morgan fingerprint density at radius 1 is 0.914 bits per heavy atom. The molecule has 0 bridgehead atoms. The van der Waals surface area contributed by atoms with Crippen LogP contribution in [-0.2, 0) is 4.79 Å². The maximum absolute atomic E-state index is 13.1. The second-order valence-corrected chi connectivity index (χ2v) is 12.7. The summed E-state index contributed by atoms with van der Waals surface area (Å²) in [5, 5.41) is 9.61. The van der Waals surface area contributed by atoms with E-state index < -0.39 is 0 Å². The standard InChI is InChI=1S/C33H58O2/c1-8-11-33(35)32(21-29-16-14-28(9-2)15-17-29)25(5)18-23(3)26(6)27(7)24(4)19-30-12-10-13-31(20-30)22-34/h14,16,23-24,26-31,34H,8-13,15,17-22H2,1-7H3/b32-25+. The van der Waals surface area contributed by atoms with Gasteiger partial charge in [0, 0.05) is 13.0 Å². The van der Waals surface area contributed by atoms with E-state index in [-0.39, 0.29) is 0 Å². The molecule has 8 unspecified atom stereocenters. The zero-order valence-electron chi connectivity index (χ0n) is 24.3. The first kappa shape index (κ1) is 30.3. The Morgan fingerprint density at radius 3 is 2.14 bits per heavy atom.